The van der Waals surface area contributed by atoms with Crippen LogP contribution in [0.15, 0.2) is 47.6 Å². The summed E-state index contributed by atoms with van der Waals surface area (Å²) in [6.45, 7) is 6.47. The smallest absolute Gasteiger partial charge is 0.271 e. The summed E-state index contributed by atoms with van der Waals surface area (Å²) in [5.41, 5.74) is 3.14. The highest BCUT2D eigenvalue weighted by atomic mass is 32.2. The average molecular weight is 469 g/mol. The van der Waals surface area contributed by atoms with E-state index in [4.69, 9.17) is 4.74 Å². The van der Waals surface area contributed by atoms with Crippen molar-refractivity contribution in [2.75, 3.05) is 42.3 Å². The first-order valence-electron chi connectivity index (χ1n) is 10.5. The molecule has 3 aromatic rings. The number of aromatic nitrogens is 3. The number of rotatable bonds is 7. The van der Waals surface area contributed by atoms with E-state index in [0.29, 0.717) is 43.1 Å². The Morgan fingerprint density at radius 2 is 1.88 bits per heavy atom. The third-order valence-electron chi connectivity index (χ3n) is 5.24. The number of amides is 1. The largest absolute Gasteiger partial charge is 0.378 e. The van der Waals surface area contributed by atoms with Crippen LogP contribution in [0.5, 0.6) is 0 Å². The zero-order valence-electron chi connectivity index (χ0n) is 18.4. The number of ether oxygens (including phenoxy) is 1. The molecule has 11 heteroatoms. The molecule has 1 amide bonds. The third-order valence-corrected chi connectivity index (χ3v) is 6.17. The van der Waals surface area contributed by atoms with Crippen molar-refractivity contribution in [1.82, 2.24) is 14.8 Å². The van der Waals surface area contributed by atoms with Crippen LogP contribution in [0.2, 0.25) is 0 Å². The molecule has 0 aliphatic carbocycles. The molecule has 1 aliphatic rings. The van der Waals surface area contributed by atoms with Gasteiger partial charge in [-0.3, -0.25) is 19.5 Å². The Kier molecular flexibility index (Phi) is 6.90. The maximum Gasteiger partial charge on any atom is 0.271 e. The van der Waals surface area contributed by atoms with E-state index in [0.717, 1.165) is 16.8 Å². The predicted octanol–water partition coefficient (Wildman–Crippen LogP) is 3.36. The SMILES string of the molecule is Cc1ccc(-n2c(SCC(=O)Nc3cc([N+](=O)[O-])ccc3C)nnc2N2CCOCC2)cc1. The first kappa shape index (κ1) is 22.7. The fourth-order valence-electron chi connectivity index (χ4n) is 3.42. The summed E-state index contributed by atoms with van der Waals surface area (Å²) in [6.07, 6.45) is 0. The highest BCUT2D eigenvalue weighted by molar-refractivity contribution is 7.99. The lowest BCUT2D eigenvalue weighted by Gasteiger charge is -2.28. The number of thioether (sulfide) groups is 1. The van der Waals surface area contributed by atoms with Crippen LogP contribution in [0.4, 0.5) is 17.3 Å². The molecule has 0 bridgehead atoms. The number of aryl methyl sites for hydroxylation is 2. The minimum atomic E-state index is -0.485. The number of benzene rings is 2. The number of non-ortho nitro benzene ring substituents is 1. The molecule has 10 nitrogen and oxygen atoms in total. The number of hydrogen-bond donors (Lipinski definition) is 1. The molecule has 2 aromatic carbocycles. The van der Waals surface area contributed by atoms with Crippen molar-refractivity contribution in [2.24, 2.45) is 0 Å². The van der Waals surface area contributed by atoms with Crippen LogP contribution >= 0.6 is 11.8 Å². The monoisotopic (exact) mass is 468 g/mol. The number of nitrogens with zero attached hydrogens (tertiary/aromatic N) is 5. The highest BCUT2D eigenvalue weighted by Crippen LogP contribution is 2.28. The Balaban J connectivity index is 1.53. The lowest BCUT2D eigenvalue weighted by Crippen LogP contribution is -2.37. The van der Waals surface area contributed by atoms with Gasteiger partial charge in [0.05, 0.1) is 35.3 Å². The van der Waals surface area contributed by atoms with Crippen molar-refractivity contribution in [3.63, 3.8) is 0 Å². The molecule has 1 N–H and O–H groups in total. The number of nitrogens with one attached hydrogen (secondary N) is 1. The Morgan fingerprint density at radius 1 is 1.15 bits per heavy atom. The molecule has 4 rings (SSSR count). The van der Waals surface area contributed by atoms with Gasteiger partial charge in [-0.05, 0) is 31.5 Å². The van der Waals surface area contributed by atoms with Gasteiger partial charge in [0.2, 0.25) is 11.9 Å². The second-order valence-electron chi connectivity index (χ2n) is 7.65. The molecular weight excluding hydrogens is 444 g/mol. The Morgan fingerprint density at radius 3 is 2.58 bits per heavy atom. The standard InChI is InChI=1S/C22H24N6O4S/c1-15-3-6-17(7-4-15)27-21(26-9-11-32-12-10-26)24-25-22(27)33-14-20(29)23-19-13-18(28(30)31)8-5-16(19)2/h3-8,13H,9-12,14H2,1-2H3,(H,23,29). The van der Waals surface area contributed by atoms with E-state index in [9.17, 15) is 14.9 Å². The Bertz CT molecular complexity index is 1160. The first-order chi connectivity index (χ1) is 15.9. The summed E-state index contributed by atoms with van der Waals surface area (Å²) in [4.78, 5) is 25.3. The van der Waals surface area contributed by atoms with Gasteiger partial charge in [-0.25, -0.2) is 0 Å². The van der Waals surface area contributed by atoms with Crippen molar-refractivity contribution in [3.8, 4) is 5.69 Å². The molecular formula is C22H24N6O4S. The molecule has 1 aromatic heterocycles. The molecule has 0 saturated carbocycles. The lowest BCUT2D eigenvalue weighted by molar-refractivity contribution is -0.384. The molecule has 33 heavy (non-hydrogen) atoms. The maximum absolute atomic E-state index is 12.6. The molecule has 1 aliphatic heterocycles. The van der Waals surface area contributed by atoms with E-state index in [-0.39, 0.29) is 17.3 Å². The number of hydrogen-bond acceptors (Lipinski definition) is 8. The number of carbonyl (C=O) groups is 1. The topological polar surface area (TPSA) is 115 Å². The fourth-order valence-corrected chi connectivity index (χ4v) is 4.17. The zero-order valence-corrected chi connectivity index (χ0v) is 19.2. The number of anilines is 2. The van der Waals surface area contributed by atoms with Crippen LogP contribution in [0, 0.1) is 24.0 Å². The van der Waals surface area contributed by atoms with Crippen LogP contribution < -0.4 is 10.2 Å². The van der Waals surface area contributed by atoms with E-state index in [1.165, 1.54) is 23.9 Å². The maximum atomic E-state index is 12.6. The van der Waals surface area contributed by atoms with Crippen LogP contribution in [-0.4, -0.2) is 57.7 Å². The molecule has 172 valence electrons. The summed E-state index contributed by atoms with van der Waals surface area (Å²) < 4.78 is 7.40. The summed E-state index contributed by atoms with van der Waals surface area (Å²) in [6, 6.07) is 12.4. The molecule has 1 fully saturated rings. The van der Waals surface area contributed by atoms with Gasteiger partial charge < -0.3 is 15.0 Å². The summed E-state index contributed by atoms with van der Waals surface area (Å²) >= 11 is 1.26. The summed E-state index contributed by atoms with van der Waals surface area (Å²) in [7, 11) is 0. The van der Waals surface area contributed by atoms with E-state index >= 15 is 0 Å². The average Bonchev–Trinajstić information content (AvgIpc) is 3.24. The third kappa shape index (κ3) is 5.32. The highest BCUT2D eigenvalue weighted by Gasteiger charge is 2.22. The van der Waals surface area contributed by atoms with Crippen molar-refractivity contribution in [3.05, 3.63) is 63.7 Å². The summed E-state index contributed by atoms with van der Waals surface area (Å²) in [5, 5.41) is 23.1. The van der Waals surface area contributed by atoms with Gasteiger partial charge in [-0.1, -0.05) is 35.5 Å². The number of nitro groups is 1. The Labute approximate surface area is 195 Å². The lowest BCUT2D eigenvalue weighted by atomic mass is 10.2. The first-order valence-corrected chi connectivity index (χ1v) is 11.4. The van der Waals surface area contributed by atoms with Crippen molar-refractivity contribution in [1.29, 1.82) is 0 Å². The molecule has 0 unspecified atom stereocenters. The predicted molar refractivity (Wildman–Crippen MR) is 126 cm³/mol. The van der Waals surface area contributed by atoms with E-state index in [1.807, 2.05) is 35.8 Å². The van der Waals surface area contributed by atoms with Crippen LogP contribution in [-0.2, 0) is 9.53 Å². The summed E-state index contributed by atoms with van der Waals surface area (Å²) in [5.74, 6) is 0.504. The van der Waals surface area contributed by atoms with Crippen molar-refractivity contribution >= 4 is 35.0 Å². The molecule has 0 radical (unpaired) electrons. The molecule has 0 spiro atoms. The van der Waals surface area contributed by atoms with E-state index in [1.54, 1.807) is 13.0 Å². The second-order valence-corrected chi connectivity index (χ2v) is 8.59. The van der Waals surface area contributed by atoms with Gasteiger partial charge in [0.1, 0.15) is 0 Å². The van der Waals surface area contributed by atoms with Gasteiger partial charge in [-0.2, -0.15) is 0 Å². The minimum absolute atomic E-state index is 0.0715. The zero-order chi connectivity index (χ0) is 23.4. The van der Waals surface area contributed by atoms with Crippen LogP contribution in [0.25, 0.3) is 5.69 Å². The van der Waals surface area contributed by atoms with Gasteiger partial charge >= 0.3 is 0 Å². The van der Waals surface area contributed by atoms with E-state index < -0.39 is 4.92 Å². The van der Waals surface area contributed by atoms with Crippen LogP contribution in [0.3, 0.4) is 0 Å². The molecule has 2 heterocycles. The fraction of sp³-hybridized carbons (Fsp3) is 0.318. The number of carbonyl (C=O) groups excluding carboxylic acids is 1. The normalized spacial score (nSPS) is 13.7. The molecule has 0 atom stereocenters. The Hall–Kier alpha value is -3.44. The van der Waals surface area contributed by atoms with Crippen molar-refractivity contribution < 1.29 is 14.5 Å². The van der Waals surface area contributed by atoms with Gasteiger partial charge in [-0.15, -0.1) is 10.2 Å². The quantitative estimate of drug-likeness (QED) is 0.319. The molecule has 1 saturated heterocycles. The van der Waals surface area contributed by atoms with Crippen LogP contribution in [0.1, 0.15) is 11.1 Å². The van der Waals surface area contributed by atoms with Crippen molar-refractivity contribution in [2.45, 2.75) is 19.0 Å². The van der Waals surface area contributed by atoms with Gasteiger partial charge in [0.25, 0.3) is 5.69 Å². The second kappa shape index (κ2) is 10.0. The minimum Gasteiger partial charge on any atom is -0.378 e. The van der Waals surface area contributed by atoms with Gasteiger partial charge in [0.15, 0.2) is 5.16 Å². The number of nitro benzene ring substituents is 1. The van der Waals surface area contributed by atoms with E-state index in [2.05, 4.69) is 20.4 Å². The number of morpholine rings is 1. The van der Waals surface area contributed by atoms with Gasteiger partial charge in [0, 0.05) is 25.2 Å².